The van der Waals surface area contributed by atoms with Gasteiger partial charge in [-0.3, -0.25) is 29.5 Å². The highest BCUT2D eigenvalue weighted by Crippen LogP contribution is 2.40. The van der Waals surface area contributed by atoms with Crippen LogP contribution in [0.5, 0.6) is 5.75 Å². The number of carbonyl (C=O) groups excluding carboxylic acids is 2. The minimum absolute atomic E-state index is 0.0129. The number of aromatic amines is 1. The van der Waals surface area contributed by atoms with E-state index in [1.54, 1.807) is 24.3 Å². The standard InChI is InChI=1S/C22H19N5O6S/c1-4-34-22-23-20(30)19-15-7-5-6-8-17(15)25(12(2)28)21(26(19)24-22)16-11-14(27(31)32)9-10-18(16)33-13(3)29/h5-11,21H,4H2,1-3H3/p+1/t21-/m1/s1. The van der Waals surface area contributed by atoms with E-state index in [-0.39, 0.29) is 22.7 Å². The SMILES string of the molecule is CCSc1n[n+]2c(c(=O)[nH]1)-c1ccccc1N(C(C)=O)[C@H]2c1cc([N+](=O)[O-])ccc1OC(C)=O. The normalized spacial score (nSPS) is 14.2. The summed E-state index contributed by atoms with van der Waals surface area (Å²) in [5.41, 5.74) is 0.470. The quantitative estimate of drug-likeness (QED) is 0.146. The number of benzene rings is 2. The molecule has 3 aromatic rings. The largest absolute Gasteiger partial charge is 0.426 e. The van der Waals surface area contributed by atoms with Gasteiger partial charge in [0.05, 0.1) is 21.7 Å². The lowest BCUT2D eigenvalue weighted by molar-refractivity contribution is -0.763. The number of hydrogen-bond acceptors (Lipinski definition) is 8. The van der Waals surface area contributed by atoms with Crippen LogP contribution in [0.15, 0.2) is 52.4 Å². The number of amides is 1. The van der Waals surface area contributed by atoms with Gasteiger partial charge in [0, 0.05) is 31.1 Å². The number of ether oxygens (including phenoxy) is 1. The molecular weight excluding hydrogens is 462 g/mol. The van der Waals surface area contributed by atoms with Gasteiger partial charge in [-0.1, -0.05) is 30.8 Å². The first-order valence-electron chi connectivity index (χ1n) is 10.3. The van der Waals surface area contributed by atoms with Gasteiger partial charge in [-0.15, -0.1) is 0 Å². The molecule has 2 aromatic carbocycles. The van der Waals surface area contributed by atoms with Gasteiger partial charge in [-0.05, 0) is 28.6 Å². The van der Waals surface area contributed by atoms with Crippen LogP contribution in [-0.2, 0) is 9.59 Å². The van der Waals surface area contributed by atoms with Gasteiger partial charge in [0.25, 0.3) is 11.9 Å². The summed E-state index contributed by atoms with van der Waals surface area (Å²) in [4.78, 5) is 53.0. The van der Waals surface area contributed by atoms with Crippen LogP contribution in [0, 0.1) is 10.1 Å². The van der Waals surface area contributed by atoms with Crippen molar-refractivity contribution in [2.45, 2.75) is 32.1 Å². The minimum Gasteiger partial charge on any atom is -0.426 e. The fourth-order valence-corrected chi connectivity index (χ4v) is 4.48. The highest BCUT2D eigenvalue weighted by Gasteiger charge is 2.46. The van der Waals surface area contributed by atoms with Crippen molar-refractivity contribution in [3.63, 3.8) is 0 Å². The smallest absolute Gasteiger partial charge is 0.325 e. The first kappa shape index (κ1) is 23.1. The molecule has 0 radical (unpaired) electrons. The molecule has 1 amide bonds. The van der Waals surface area contributed by atoms with Gasteiger partial charge < -0.3 is 4.74 Å². The van der Waals surface area contributed by atoms with E-state index in [2.05, 4.69) is 10.1 Å². The Morgan fingerprint density at radius 2 is 2.00 bits per heavy atom. The number of carbonyl (C=O) groups is 2. The first-order valence-corrected chi connectivity index (χ1v) is 11.3. The third kappa shape index (κ3) is 4.03. The molecule has 11 nitrogen and oxygen atoms in total. The first-order chi connectivity index (χ1) is 16.2. The van der Waals surface area contributed by atoms with E-state index in [0.29, 0.717) is 22.2 Å². The summed E-state index contributed by atoms with van der Waals surface area (Å²) in [7, 11) is 0. The Bertz CT molecular complexity index is 1390. The summed E-state index contributed by atoms with van der Waals surface area (Å²) in [6, 6.07) is 10.5. The molecule has 4 rings (SSSR count). The summed E-state index contributed by atoms with van der Waals surface area (Å²) in [6.45, 7) is 4.43. The van der Waals surface area contributed by atoms with Crippen molar-refractivity contribution < 1.29 is 23.9 Å². The van der Waals surface area contributed by atoms with Gasteiger partial charge in [0.2, 0.25) is 11.1 Å². The second kappa shape index (κ2) is 9.06. The molecule has 1 aromatic heterocycles. The maximum atomic E-state index is 13.2. The number of para-hydroxylation sites is 1. The highest BCUT2D eigenvalue weighted by molar-refractivity contribution is 7.99. The molecule has 0 saturated carbocycles. The van der Waals surface area contributed by atoms with Crippen LogP contribution in [0.25, 0.3) is 11.3 Å². The summed E-state index contributed by atoms with van der Waals surface area (Å²) in [6.07, 6.45) is -1.13. The second-order valence-electron chi connectivity index (χ2n) is 7.34. The molecule has 0 aliphatic carbocycles. The summed E-state index contributed by atoms with van der Waals surface area (Å²) < 4.78 is 6.69. The molecule has 12 heteroatoms. The van der Waals surface area contributed by atoms with Crippen LogP contribution in [0.3, 0.4) is 0 Å². The molecule has 1 atom stereocenters. The number of non-ortho nitro benzene ring substituents is 1. The Morgan fingerprint density at radius 3 is 2.65 bits per heavy atom. The number of H-pyrrole nitrogens is 1. The predicted octanol–water partition coefficient (Wildman–Crippen LogP) is 2.58. The van der Waals surface area contributed by atoms with Gasteiger partial charge in [-0.25, -0.2) is 4.90 Å². The van der Waals surface area contributed by atoms with Crippen molar-refractivity contribution in [1.29, 1.82) is 0 Å². The highest BCUT2D eigenvalue weighted by atomic mass is 32.2. The Labute approximate surface area is 197 Å². The molecule has 0 spiro atoms. The average molecular weight is 482 g/mol. The maximum Gasteiger partial charge on any atom is 0.325 e. The van der Waals surface area contributed by atoms with Crippen molar-refractivity contribution in [3.8, 4) is 17.0 Å². The number of fused-ring (bicyclic) bond motifs is 3. The molecule has 2 heterocycles. The average Bonchev–Trinajstić information content (AvgIpc) is 2.77. The van der Waals surface area contributed by atoms with Crippen molar-refractivity contribution in [2.24, 2.45) is 0 Å². The monoisotopic (exact) mass is 482 g/mol. The number of nitro groups is 1. The van der Waals surface area contributed by atoms with Crippen LogP contribution in [0.1, 0.15) is 32.5 Å². The number of hydrogen-bond donors (Lipinski definition) is 1. The minimum atomic E-state index is -1.13. The number of aromatic nitrogens is 3. The number of esters is 1. The fraction of sp³-hybridized carbons (Fsp3) is 0.227. The lowest BCUT2D eigenvalue weighted by Crippen LogP contribution is -2.60. The van der Waals surface area contributed by atoms with E-state index >= 15 is 0 Å². The zero-order valence-electron chi connectivity index (χ0n) is 18.5. The molecule has 1 aliphatic rings. The van der Waals surface area contributed by atoms with Crippen molar-refractivity contribution >= 4 is 35.0 Å². The van der Waals surface area contributed by atoms with Crippen molar-refractivity contribution in [2.75, 3.05) is 10.7 Å². The summed E-state index contributed by atoms with van der Waals surface area (Å²) in [5, 5.41) is 16.4. The molecule has 1 N–H and O–H groups in total. The number of rotatable bonds is 5. The van der Waals surface area contributed by atoms with Gasteiger partial charge in [-0.2, -0.15) is 0 Å². The molecular formula is C22H20N5O6S+. The fourth-order valence-electron chi connectivity index (χ4n) is 3.89. The Hall–Kier alpha value is -4.06. The molecule has 34 heavy (non-hydrogen) atoms. The molecule has 0 bridgehead atoms. The van der Waals surface area contributed by atoms with Crippen LogP contribution in [0.2, 0.25) is 0 Å². The lowest BCUT2D eigenvalue weighted by atomic mass is 10.0. The van der Waals surface area contributed by atoms with Gasteiger partial charge in [0.1, 0.15) is 5.75 Å². The second-order valence-corrected chi connectivity index (χ2v) is 8.59. The zero-order chi connectivity index (χ0) is 24.6. The van der Waals surface area contributed by atoms with Gasteiger partial charge in [0.15, 0.2) is 0 Å². The van der Waals surface area contributed by atoms with E-state index in [0.717, 1.165) is 0 Å². The molecule has 174 valence electrons. The van der Waals surface area contributed by atoms with Crippen LogP contribution < -0.4 is 19.9 Å². The molecule has 0 saturated heterocycles. The zero-order valence-corrected chi connectivity index (χ0v) is 19.3. The van der Waals surface area contributed by atoms with E-state index in [1.807, 2.05) is 6.92 Å². The van der Waals surface area contributed by atoms with E-state index in [1.165, 1.54) is 53.4 Å². The van der Waals surface area contributed by atoms with E-state index < -0.39 is 28.5 Å². The predicted molar refractivity (Wildman–Crippen MR) is 123 cm³/mol. The van der Waals surface area contributed by atoms with E-state index in [4.69, 9.17) is 4.74 Å². The van der Waals surface area contributed by atoms with E-state index in [9.17, 15) is 24.5 Å². The van der Waals surface area contributed by atoms with Crippen molar-refractivity contribution in [1.82, 2.24) is 10.1 Å². The molecule has 0 fully saturated rings. The Balaban J connectivity index is 2.11. The maximum absolute atomic E-state index is 13.2. The molecule has 1 aliphatic heterocycles. The number of nitrogens with zero attached hydrogens (tertiary/aromatic N) is 4. The number of nitrogens with one attached hydrogen (secondary N) is 1. The molecule has 0 unspecified atom stereocenters. The topological polar surface area (TPSA) is 139 Å². The number of anilines is 1. The summed E-state index contributed by atoms with van der Waals surface area (Å²) in [5.74, 6) is -0.413. The van der Waals surface area contributed by atoms with Crippen molar-refractivity contribution in [3.05, 3.63) is 68.5 Å². The third-order valence-corrected chi connectivity index (χ3v) is 5.86. The Morgan fingerprint density at radius 1 is 1.26 bits per heavy atom. The van der Waals surface area contributed by atoms with Crippen LogP contribution in [-0.4, -0.2) is 32.6 Å². The van der Waals surface area contributed by atoms with Crippen LogP contribution in [0.4, 0.5) is 11.4 Å². The Kier molecular flexibility index (Phi) is 6.16. The third-order valence-electron chi connectivity index (χ3n) is 5.11. The number of nitro benzene ring substituents is 1. The summed E-state index contributed by atoms with van der Waals surface area (Å²) >= 11 is 1.29. The number of thioether (sulfide) groups is 1. The lowest BCUT2D eigenvalue weighted by Gasteiger charge is -2.31. The van der Waals surface area contributed by atoms with Gasteiger partial charge >= 0.3 is 17.2 Å². The van der Waals surface area contributed by atoms with Crippen LogP contribution >= 0.6 is 11.8 Å².